The maximum absolute atomic E-state index is 2.43. The van der Waals surface area contributed by atoms with Crippen molar-refractivity contribution in [3.63, 3.8) is 0 Å². The summed E-state index contributed by atoms with van der Waals surface area (Å²) in [7, 11) is -0.303. The van der Waals surface area contributed by atoms with Gasteiger partial charge in [0.2, 0.25) is 0 Å². The number of unbranched alkanes of at least 4 members (excludes halogenated alkanes) is 3. The van der Waals surface area contributed by atoms with Crippen LogP contribution in [0.15, 0.2) is 38.4 Å². The van der Waals surface area contributed by atoms with E-state index in [9.17, 15) is 0 Å². The second kappa shape index (κ2) is 15.4. The molecule has 0 heterocycles. The minimum atomic E-state index is -0.303. The Morgan fingerprint density at radius 2 is 1.44 bits per heavy atom. The van der Waals surface area contributed by atoms with Gasteiger partial charge in [0, 0.05) is 0 Å². The molecule has 0 aromatic heterocycles. The summed E-state index contributed by atoms with van der Waals surface area (Å²) in [4.78, 5) is 0. The van der Waals surface area contributed by atoms with E-state index in [-0.39, 0.29) is 46.7 Å². The molecule has 1 aromatic carbocycles. The molecule has 0 saturated carbocycles. The number of aryl methyl sites for hydroxylation is 2. The van der Waals surface area contributed by atoms with E-state index < -0.39 is 0 Å². The molecule has 0 saturated heterocycles. The van der Waals surface area contributed by atoms with E-state index in [2.05, 4.69) is 66.3 Å². The van der Waals surface area contributed by atoms with Crippen molar-refractivity contribution in [1.29, 1.82) is 0 Å². The van der Waals surface area contributed by atoms with E-state index in [4.69, 9.17) is 0 Å². The van der Waals surface area contributed by atoms with Crippen LogP contribution in [-0.4, -0.2) is 9.52 Å². The van der Waals surface area contributed by atoms with Gasteiger partial charge in [0.1, 0.15) is 0 Å². The van der Waals surface area contributed by atoms with E-state index in [0.29, 0.717) is 0 Å². The molecule has 1 aliphatic carbocycles. The molecule has 0 unspecified atom stereocenters. The first-order valence-electron chi connectivity index (χ1n) is 9.77. The fraction of sp³-hybridized carbons (Fsp3) is 0.545. The van der Waals surface area contributed by atoms with Crippen LogP contribution in [-0.2, 0) is 20.4 Å². The molecule has 0 bridgehead atoms. The second-order valence-corrected chi connectivity index (χ2v) is 10.3. The van der Waals surface area contributed by atoms with E-state index in [1.807, 2.05) is 5.20 Å². The van der Waals surface area contributed by atoms with Crippen LogP contribution < -0.4 is 42.4 Å². The van der Waals surface area contributed by atoms with E-state index >= 15 is 0 Å². The molecule has 0 radical (unpaired) electrons. The molecular formula is C22H33Cl3SiTi. The van der Waals surface area contributed by atoms with Crippen molar-refractivity contribution in [3.8, 4) is 0 Å². The van der Waals surface area contributed by atoms with Crippen molar-refractivity contribution < 1.29 is 57.7 Å². The van der Waals surface area contributed by atoms with Crippen molar-refractivity contribution in [2.24, 2.45) is 0 Å². The van der Waals surface area contributed by atoms with E-state index in [0.717, 1.165) is 0 Å². The Labute approximate surface area is 199 Å². The summed E-state index contributed by atoms with van der Waals surface area (Å²) >= 11 is 2.42. The van der Waals surface area contributed by atoms with Crippen LogP contribution in [0.5, 0.6) is 0 Å². The minimum Gasteiger partial charge on any atom is -1.00 e. The van der Waals surface area contributed by atoms with Crippen LogP contribution in [0.4, 0.5) is 0 Å². The number of hydrogen-bond donors (Lipinski definition) is 0. The molecule has 0 spiro atoms. The standard InChI is InChI=1S/C22H33Si.3ClH.Ti/c1-5-7-9-11-20-16-22(15-19(20)10-8-6-2)23-21-13-17(3)12-18(4)14-21;;;;/h12-14H,5-11,16,23H2,1-4H3;3*1H;/q;;;;+3/p-3. The van der Waals surface area contributed by atoms with Gasteiger partial charge in [0.25, 0.3) is 0 Å². The van der Waals surface area contributed by atoms with Gasteiger partial charge in [-0.2, -0.15) is 0 Å². The first kappa shape index (κ1) is 29.7. The van der Waals surface area contributed by atoms with Crippen molar-refractivity contribution >= 4 is 14.7 Å². The largest absolute Gasteiger partial charge is 1.00 e. The zero-order valence-electron chi connectivity index (χ0n) is 17.2. The fourth-order valence-corrected chi connectivity index (χ4v) is 7.08. The molecule has 2 rings (SSSR count). The Morgan fingerprint density at radius 3 is 2.00 bits per heavy atom. The number of allylic oxidation sites excluding steroid dienone is 4. The monoisotopic (exact) mass is 478 g/mol. The third kappa shape index (κ3) is 9.24. The summed E-state index contributed by atoms with van der Waals surface area (Å²) in [5.74, 6) is 0. The maximum atomic E-state index is 2.43. The van der Waals surface area contributed by atoms with E-state index in [1.54, 1.807) is 20.2 Å². The average molecular weight is 480 g/mol. The molecule has 0 nitrogen and oxygen atoms in total. The summed E-state index contributed by atoms with van der Waals surface area (Å²) < 4.78 is 1.68. The maximum Gasteiger partial charge on any atom is -1.00 e. The van der Waals surface area contributed by atoms with Crippen LogP contribution in [0, 0.1) is 13.8 Å². The van der Waals surface area contributed by atoms with Gasteiger partial charge in [-0.25, -0.2) is 0 Å². The summed E-state index contributed by atoms with van der Waals surface area (Å²) in [6.45, 7) is 9.10. The average Bonchev–Trinajstić information content (AvgIpc) is 2.80. The molecule has 0 fully saturated rings. The van der Waals surface area contributed by atoms with E-state index in [1.165, 1.54) is 62.5 Å². The topological polar surface area (TPSA) is 0 Å². The SMILES string of the molecule is CCCCCC1=C(CCCC)[C]([Ti+3])=C([SiH2]c2cc(C)cc(C)c2)C1.[Cl-].[Cl-].[Cl-]. The number of rotatable bonds is 9. The van der Waals surface area contributed by atoms with Crippen LogP contribution in [0.1, 0.15) is 76.3 Å². The van der Waals surface area contributed by atoms with Crippen molar-refractivity contribution in [1.82, 2.24) is 0 Å². The predicted octanol–water partition coefficient (Wildman–Crippen LogP) is -3.66. The van der Waals surface area contributed by atoms with Crippen molar-refractivity contribution in [3.05, 3.63) is 49.5 Å². The molecule has 27 heavy (non-hydrogen) atoms. The Hall–Kier alpha value is 0.501. The molecule has 0 amide bonds. The van der Waals surface area contributed by atoms with Gasteiger partial charge >= 0.3 is 164 Å². The predicted molar refractivity (Wildman–Crippen MR) is 106 cm³/mol. The molecular weight excluding hydrogens is 447 g/mol. The quantitative estimate of drug-likeness (QED) is 0.253. The Kier molecular flexibility index (Phi) is 16.9. The first-order chi connectivity index (χ1) is 11.5. The number of benzene rings is 1. The normalized spacial score (nSPS) is 13.7. The second-order valence-electron chi connectivity index (χ2n) is 7.47. The van der Waals surface area contributed by atoms with Crippen molar-refractivity contribution in [2.75, 3.05) is 0 Å². The minimum absolute atomic E-state index is 0. The van der Waals surface area contributed by atoms with Gasteiger partial charge in [-0.3, -0.25) is 0 Å². The molecule has 0 N–H and O–H groups in total. The summed E-state index contributed by atoms with van der Waals surface area (Å²) in [6.07, 6.45) is 10.7. The summed E-state index contributed by atoms with van der Waals surface area (Å²) in [5, 5.41) is 3.45. The van der Waals surface area contributed by atoms with Gasteiger partial charge in [-0.05, 0) is 0 Å². The van der Waals surface area contributed by atoms with Crippen LogP contribution in [0.2, 0.25) is 0 Å². The Morgan fingerprint density at radius 1 is 0.852 bits per heavy atom. The first-order valence-corrected chi connectivity index (χ1v) is 12.0. The Bertz CT molecular complexity index is 618. The van der Waals surface area contributed by atoms with Crippen molar-refractivity contribution in [2.45, 2.75) is 79.1 Å². The van der Waals surface area contributed by atoms with Gasteiger partial charge in [0.05, 0.1) is 0 Å². The summed E-state index contributed by atoms with van der Waals surface area (Å²) in [6, 6.07) is 7.16. The number of hydrogen-bond acceptors (Lipinski definition) is 0. The van der Waals surface area contributed by atoms with Gasteiger partial charge in [-0.1, -0.05) is 0 Å². The number of halogens is 3. The van der Waals surface area contributed by atoms with Crippen LogP contribution in [0.25, 0.3) is 0 Å². The molecule has 0 atom stereocenters. The third-order valence-corrected chi connectivity index (χ3v) is 8.49. The molecule has 1 aliphatic rings. The molecule has 5 heteroatoms. The van der Waals surface area contributed by atoms with Gasteiger partial charge in [-0.15, -0.1) is 0 Å². The van der Waals surface area contributed by atoms with Gasteiger partial charge < -0.3 is 37.2 Å². The molecule has 0 aliphatic heterocycles. The van der Waals surface area contributed by atoms with Gasteiger partial charge in [0.15, 0.2) is 0 Å². The summed E-state index contributed by atoms with van der Waals surface area (Å²) in [5.41, 5.74) is 6.40. The molecule has 150 valence electrons. The third-order valence-electron chi connectivity index (χ3n) is 5.07. The zero-order valence-corrected chi connectivity index (χ0v) is 22.5. The zero-order chi connectivity index (χ0) is 17.5. The smallest absolute Gasteiger partial charge is 1.00 e. The fourth-order valence-electron chi connectivity index (χ4n) is 3.89. The Balaban J connectivity index is 0. The van der Waals surface area contributed by atoms with Crippen LogP contribution in [0.3, 0.4) is 0 Å². The van der Waals surface area contributed by atoms with Crippen LogP contribution >= 0.6 is 0 Å². The molecule has 1 aromatic rings.